The molecule has 0 radical (unpaired) electrons. The van der Waals surface area contributed by atoms with E-state index in [1.165, 1.54) is 0 Å². The third-order valence-corrected chi connectivity index (χ3v) is 3.73. The molecule has 1 aliphatic rings. The summed E-state index contributed by atoms with van der Waals surface area (Å²) in [6.07, 6.45) is 6.19. The Morgan fingerprint density at radius 2 is 2.40 bits per heavy atom. The zero-order valence-corrected chi connectivity index (χ0v) is 10.6. The molecule has 1 heterocycles. The van der Waals surface area contributed by atoms with Crippen LogP contribution in [0.25, 0.3) is 0 Å². The fourth-order valence-corrected chi connectivity index (χ4v) is 2.62. The minimum absolute atomic E-state index is 0.161. The summed E-state index contributed by atoms with van der Waals surface area (Å²) in [5, 5.41) is 0. The predicted octanol–water partition coefficient (Wildman–Crippen LogP) is 1.47. The van der Waals surface area contributed by atoms with Gasteiger partial charge in [-0.25, -0.2) is 0 Å². The van der Waals surface area contributed by atoms with Gasteiger partial charge < -0.3 is 10.6 Å². The summed E-state index contributed by atoms with van der Waals surface area (Å²) >= 11 is 1.75. The fraction of sp³-hybridized carbons (Fsp3) is 0.909. The molecule has 0 aromatic heterocycles. The van der Waals surface area contributed by atoms with Crippen molar-refractivity contribution in [2.24, 2.45) is 5.73 Å². The minimum atomic E-state index is -0.287. The van der Waals surface area contributed by atoms with Crippen LogP contribution in [0.4, 0.5) is 0 Å². The lowest BCUT2D eigenvalue weighted by Gasteiger charge is -2.26. The molecule has 1 rings (SSSR count). The normalized spacial score (nSPS) is 23.1. The largest absolute Gasteiger partial charge is 0.338 e. The SMILES string of the molecule is CCC1CCCN1C(=O)[C@@H](N)CCSC. The van der Waals surface area contributed by atoms with Crippen molar-refractivity contribution in [1.29, 1.82) is 0 Å². The second kappa shape index (κ2) is 6.38. The number of hydrogen-bond donors (Lipinski definition) is 1. The molecule has 2 N–H and O–H groups in total. The Labute approximate surface area is 96.8 Å². The van der Waals surface area contributed by atoms with E-state index in [4.69, 9.17) is 5.73 Å². The molecule has 0 saturated carbocycles. The van der Waals surface area contributed by atoms with E-state index >= 15 is 0 Å². The summed E-state index contributed by atoms with van der Waals surface area (Å²) in [6, 6.07) is 0.155. The summed E-state index contributed by atoms with van der Waals surface area (Å²) in [5.41, 5.74) is 5.90. The van der Waals surface area contributed by atoms with Crippen molar-refractivity contribution in [3.63, 3.8) is 0 Å². The summed E-state index contributed by atoms with van der Waals surface area (Å²) in [5.74, 6) is 1.13. The molecule has 0 aliphatic carbocycles. The van der Waals surface area contributed by atoms with Crippen LogP contribution in [0, 0.1) is 0 Å². The maximum absolute atomic E-state index is 12.0. The third-order valence-electron chi connectivity index (χ3n) is 3.08. The van der Waals surface area contributed by atoms with Gasteiger partial charge in [0, 0.05) is 12.6 Å². The van der Waals surface area contributed by atoms with Crippen molar-refractivity contribution in [1.82, 2.24) is 4.90 Å². The first-order chi connectivity index (χ1) is 7.20. The number of hydrogen-bond acceptors (Lipinski definition) is 3. The van der Waals surface area contributed by atoms with Gasteiger partial charge in [-0.05, 0) is 37.7 Å². The lowest BCUT2D eigenvalue weighted by molar-refractivity contribution is -0.133. The number of thioether (sulfide) groups is 1. The van der Waals surface area contributed by atoms with Gasteiger partial charge in [0.25, 0.3) is 0 Å². The standard InChI is InChI=1S/C11H22N2OS/c1-3-9-5-4-7-13(9)11(14)10(12)6-8-15-2/h9-10H,3-8,12H2,1-2H3/t9?,10-/m0/s1. The first-order valence-electron chi connectivity index (χ1n) is 5.75. The lowest BCUT2D eigenvalue weighted by atomic mass is 10.1. The Kier molecular flexibility index (Phi) is 5.47. The van der Waals surface area contributed by atoms with Crippen LogP contribution in [-0.2, 0) is 4.79 Å². The van der Waals surface area contributed by atoms with E-state index < -0.39 is 0 Å². The van der Waals surface area contributed by atoms with Gasteiger partial charge in [-0.15, -0.1) is 0 Å². The summed E-state index contributed by atoms with van der Waals surface area (Å²) < 4.78 is 0. The van der Waals surface area contributed by atoms with Gasteiger partial charge >= 0.3 is 0 Å². The molecule has 88 valence electrons. The summed E-state index contributed by atoms with van der Waals surface area (Å²) in [4.78, 5) is 14.0. The van der Waals surface area contributed by atoms with Crippen LogP contribution >= 0.6 is 11.8 Å². The molecular weight excluding hydrogens is 208 g/mol. The molecule has 15 heavy (non-hydrogen) atoms. The van der Waals surface area contributed by atoms with E-state index in [2.05, 4.69) is 6.92 Å². The number of nitrogens with two attached hydrogens (primary N) is 1. The van der Waals surface area contributed by atoms with E-state index in [1.54, 1.807) is 11.8 Å². The van der Waals surface area contributed by atoms with Crippen LogP contribution in [-0.4, -0.2) is 41.4 Å². The Balaban J connectivity index is 2.44. The van der Waals surface area contributed by atoms with Crippen molar-refractivity contribution >= 4 is 17.7 Å². The first-order valence-corrected chi connectivity index (χ1v) is 7.15. The molecule has 0 spiro atoms. The molecule has 0 aromatic carbocycles. The van der Waals surface area contributed by atoms with Gasteiger partial charge in [-0.2, -0.15) is 11.8 Å². The van der Waals surface area contributed by atoms with Crippen LogP contribution in [0.3, 0.4) is 0 Å². The molecule has 0 bridgehead atoms. The second-order valence-corrected chi connectivity index (χ2v) is 5.11. The molecule has 1 aliphatic heterocycles. The number of likely N-dealkylation sites (tertiary alicyclic amines) is 1. The van der Waals surface area contributed by atoms with Gasteiger partial charge in [-0.3, -0.25) is 4.79 Å². The Bertz CT molecular complexity index is 211. The average molecular weight is 230 g/mol. The van der Waals surface area contributed by atoms with Crippen molar-refractivity contribution in [2.75, 3.05) is 18.6 Å². The van der Waals surface area contributed by atoms with E-state index in [-0.39, 0.29) is 11.9 Å². The molecule has 0 aromatic rings. The molecule has 1 saturated heterocycles. The quantitative estimate of drug-likeness (QED) is 0.778. The van der Waals surface area contributed by atoms with Crippen LogP contribution in [0.1, 0.15) is 32.6 Å². The minimum Gasteiger partial charge on any atom is -0.338 e. The van der Waals surface area contributed by atoms with E-state index in [0.29, 0.717) is 6.04 Å². The van der Waals surface area contributed by atoms with Gasteiger partial charge in [0.15, 0.2) is 0 Å². The number of nitrogens with zero attached hydrogens (tertiary/aromatic N) is 1. The van der Waals surface area contributed by atoms with E-state index in [1.807, 2.05) is 11.2 Å². The van der Waals surface area contributed by atoms with Crippen LogP contribution in [0.15, 0.2) is 0 Å². The topological polar surface area (TPSA) is 46.3 Å². The number of amides is 1. The molecule has 3 nitrogen and oxygen atoms in total. The lowest BCUT2D eigenvalue weighted by Crippen LogP contribution is -2.46. The zero-order chi connectivity index (χ0) is 11.3. The van der Waals surface area contributed by atoms with Crippen LogP contribution < -0.4 is 5.73 Å². The highest BCUT2D eigenvalue weighted by Gasteiger charge is 2.29. The van der Waals surface area contributed by atoms with Gasteiger partial charge in [-0.1, -0.05) is 6.92 Å². The van der Waals surface area contributed by atoms with Crippen molar-refractivity contribution in [3.8, 4) is 0 Å². The molecule has 2 atom stereocenters. The molecule has 4 heteroatoms. The highest BCUT2D eigenvalue weighted by Crippen LogP contribution is 2.20. The monoisotopic (exact) mass is 230 g/mol. The third kappa shape index (κ3) is 3.38. The Morgan fingerprint density at radius 1 is 1.67 bits per heavy atom. The van der Waals surface area contributed by atoms with E-state index in [0.717, 1.165) is 38.0 Å². The van der Waals surface area contributed by atoms with Crippen molar-refractivity contribution in [3.05, 3.63) is 0 Å². The van der Waals surface area contributed by atoms with Gasteiger partial charge in [0.1, 0.15) is 0 Å². The van der Waals surface area contributed by atoms with Gasteiger partial charge in [0.2, 0.25) is 5.91 Å². The molecular formula is C11H22N2OS. The van der Waals surface area contributed by atoms with Crippen LogP contribution in [0.5, 0.6) is 0 Å². The van der Waals surface area contributed by atoms with Crippen LogP contribution in [0.2, 0.25) is 0 Å². The number of rotatable bonds is 5. The summed E-state index contributed by atoms with van der Waals surface area (Å²) in [7, 11) is 0. The molecule has 1 amide bonds. The highest BCUT2D eigenvalue weighted by atomic mass is 32.2. The highest BCUT2D eigenvalue weighted by molar-refractivity contribution is 7.98. The average Bonchev–Trinajstić information content (AvgIpc) is 2.72. The maximum Gasteiger partial charge on any atom is 0.239 e. The van der Waals surface area contributed by atoms with Crippen molar-refractivity contribution < 1.29 is 4.79 Å². The first kappa shape index (κ1) is 12.8. The second-order valence-electron chi connectivity index (χ2n) is 4.12. The van der Waals surface area contributed by atoms with E-state index in [9.17, 15) is 4.79 Å². The number of carbonyl (C=O) groups is 1. The Hall–Kier alpha value is -0.220. The maximum atomic E-state index is 12.0. The van der Waals surface area contributed by atoms with Gasteiger partial charge in [0.05, 0.1) is 6.04 Å². The summed E-state index contributed by atoms with van der Waals surface area (Å²) in [6.45, 7) is 3.05. The zero-order valence-electron chi connectivity index (χ0n) is 9.74. The molecule has 1 unspecified atom stereocenters. The predicted molar refractivity (Wildman–Crippen MR) is 66.0 cm³/mol. The smallest absolute Gasteiger partial charge is 0.239 e. The Morgan fingerprint density at radius 3 is 3.00 bits per heavy atom. The fourth-order valence-electron chi connectivity index (χ4n) is 2.13. The molecule has 1 fully saturated rings. The van der Waals surface area contributed by atoms with Crippen molar-refractivity contribution in [2.45, 2.75) is 44.7 Å². The number of carbonyl (C=O) groups excluding carboxylic acids is 1.